The zero-order valence-corrected chi connectivity index (χ0v) is 12.3. The van der Waals surface area contributed by atoms with E-state index in [1.165, 1.54) is 5.57 Å². The number of rotatable bonds is 4. The third-order valence-electron chi connectivity index (χ3n) is 3.83. The Hall–Kier alpha value is -1.58. The standard InChI is InChI=1S/C15H22N2O2/c1-9(2)6-12-13(15(12,4)5)14(18)16-8-11-7-10(3)19-17-11/h6-7,12-13H,8H2,1-5H3,(H,16,18). The lowest BCUT2D eigenvalue weighted by atomic mass is 10.1. The van der Waals surface area contributed by atoms with Crippen LogP contribution in [0.25, 0.3) is 0 Å². The molecule has 0 aliphatic heterocycles. The van der Waals surface area contributed by atoms with Gasteiger partial charge >= 0.3 is 0 Å². The lowest BCUT2D eigenvalue weighted by Crippen LogP contribution is -2.26. The summed E-state index contributed by atoms with van der Waals surface area (Å²) in [5, 5.41) is 6.81. The largest absolute Gasteiger partial charge is 0.361 e. The van der Waals surface area contributed by atoms with E-state index in [9.17, 15) is 4.79 Å². The molecule has 0 saturated heterocycles. The smallest absolute Gasteiger partial charge is 0.224 e. The number of amides is 1. The van der Waals surface area contributed by atoms with Crippen molar-refractivity contribution in [2.24, 2.45) is 17.3 Å². The topological polar surface area (TPSA) is 55.1 Å². The molecule has 1 aliphatic rings. The number of carbonyl (C=O) groups excluding carboxylic acids is 1. The SMILES string of the molecule is CC(C)=CC1C(C(=O)NCc2cc(C)on2)C1(C)C. The first kappa shape index (κ1) is 13.8. The molecule has 0 spiro atoms. The summed E-state index contributed by atoms with van der Waals surface area (Å²) >= 11 is 0. The second-order valence-corrected chi connectivity index (χ2v) is 6.22. The van der Waals surface area contributed by atoms with Crippen molar-refractivity contribution in [2.45, 2.75) is 41.2 Å². The van der Waals surface area contributed by atoms with E-state index in [-0.39, 0.29) is 17.2 Å². The molecule has 1 heterocycles. The molecule has 0 aromatic carbocycles. The van der Waals surface area contributed by atoms with Gasteiger partial charge in [-0.1, -0.05) is 30.7 Å². The number of nitrogens with zero attached hydrogens (tertiary/aromatic N) is 1. The van der Waals surface area contributed by atoms with Gasteiger partial charge in [-0.15, -0.1) is 0 Å². The van der Waals surface area contributed by atoms with Crippen molar-refractivity contribution in [3.8, 4) is 0 Å². The Morgan fingerprint density at radius 2 is 2.21 bits per heavy atom. The van der Waals surface area contributed by atoms with Crippen LogP contribution in [0.15, 0.2) is 22.2 Å². The average Bonchev–Trinajstić information content (AvgIpc) is 2.67. The van der Waals surface area contributed by atoms with Crippen LogP contribution in [-0.4, -0.2) is 11.1 Å². The van der Waals surface area contributed by atoms with E-state index in [0.717, 1.165) is 11.5 Å². The van der Waals surface area contributed by atoms with Crippen LogP contribution >= 0.6 is 0 Å². The van der Waals surface area contributed by atoms with Gasteiger partial charge in [-0.3, -0.25) is 4.79 Å². The maximum atomic E-state index is 12.2. The average molecular weight is 262 g/mol. The Morgan fingerprint density at radius 3 is 2.74 bits per heavy atom. The van der Waals surface area contributed by atoms with E-state index in [1.807, 2.05) is 13.0 Å². The van der Waals surface area contributed by atoms with Crippen LogP contribution < -0.4 is 5.32 Å². The lowest BCUT2D eigenvalue weighted by Gasteiger charge is -2.03. The molecule has 19 heavy (non-hydrogen) atoms. The summed E-state index contributed by atoms with van der Waals surface area (Å²) in [6, 6.07) is 1.84. The van der Waals surface area contributed by atoms with Crippen LogP contribution in [0.2, 0.25) is 0 Å². The number of nitrogens with one attached hydrogen (secondary N) is 1. The minimum atomic E-state index is 0.0566. The van der Waals surface area contributed by atoms with Crippen molar-refractivity contribution in [1.82, 2.24) is 10.5 Å². The van der Waals surface area contributed by atoms with Crippen molar-refractivity contribution in [2.75, 3.05) is 0 Å². The number of carbonyl (C=O) groups is 1. The number of hydrogen-bond donors (Lipinski definition) is 1. The van der Waals surface area contributed by atoms with Crippen molar-refractivity contribution in [1.29, 1.82) is 0 Å². The summed E-state index contributed by atoms with van der Waals surface area (Å²) in [6.45, 7) is 10.7. The summed E-state index contributed by atoms with van der Waals surface area (Å²) in [5.74, 6) is 1.28. The highest BCUT2D eigenvalue weighted by Crippen LogP contribution is 2.59. The van der Waals surface area contributed by atoms with Gasteiger partial charge in [0.25, 0.3) is 0 Å². The highest BCUT2D eigenvalue weighted by Gasteiger charge is 2.60. The van der Waals surface area contributed by atoms with E-state index in [4.69, 9.17) is 4.52 Å². The molecule has 4 heteroatoms. The monoisotopic (exact) mass is 262 g/mol. The fourth-order valence-corrected chi connectivity index (χ4v) is 2.64. The van der Waals surface area contributed by atoms with Gasteiger partial charge in [0.15, 0.2) is 0 Å². The predicted molar refractivity (Wildman–Crippen MR) is 73.3 cm³/mol. The van der Waals surface area contributed by atoms with Crippen LogP contribution in [0, 0.1) is 24.2 Å². The maximum absolute atomic E-state index is 12.2. The number of aryl methyl sites for hydroxylation is 1. The van der Waals surface area contributed by atoms with Gasteiger partial charge in [0.05, 0.1) is 12.5 Å². The molecule has 1 aliphatic carbocycles. The van der Waals surface area contributed by atoms with Crippen molar-refractivity contribution in [3.05, 3.63) is 29.2 Å². The Morgan fingerprint density at radius 1 is 1.53 bits per heavy atom. The molecule has 2 atom stereocenters. The quantitative estimate of drug-likeness (QED) is 0.849. The molecular weight excluding hydrogens is 240 g/mol. The fourth-order valence-electron chi connectivity index (χ4n) is 2.64. The number of allylic oxidation sites excluding steroid dienone is 2. The van der Waals surface area contributed by atoms with Crippen molar-refractivity contribution in [3.63, 3.8) is 0 Å². The second-order valence-electron chi connectivity index (χ2n) is 6.22. The van der Waals surface area contributed by atoms with Gasteiger partial charge in [0, 0.05) is 6.07 Å². The van der Waals surface area contributed by atoms with Gasteiger partial charge < -0.3 is 9.84 Å². The first-order chi connectivity index (χ1) is 8.82. The maximum Gasteiger partial charge on any atom is 0.224 e. The normalized spacial score (nSPS) is 23.8. The molecule has 4 nitrogen and oxygen atoms in total. The Bertz CT molecular complexity index is 510. The second kappa shape index (κ2) is 4.83. The van der Waals surface area contributed by atoms with E-state index in [0.29, 0.717) is 12.5 Å². The van der Waals surface area contributed by atoms with Crippen molar-refractivity contribution < 1.29 is 9.32 Å². The van der Waals surface area contributed by atoms with Crippen LogP contribution in [0.5, 0.6) is 0 Å². The van der Waals surface area contributed by atoms with E-state index in [1.54, 1.807) is 0 Å². The highest BCUT2D eigenvalue weighted by atomic mass is 16.5. The summed E-state index contributed by atoms with van der Waals surface area (Å²) in [7, 11) is 0. The first-order valence-electron chi connectivity index (χ1n) is 6.67. The molecule has 1 saturated carbocycles. The van der Waals surface area contributed by atoms with Crippen LogP contribution in [-0.2, 0) is 11.3 Å². The summed E-state index contributed by atoms with van der Waals surface area (Å²) in [6.07, 6.45) is 2.20. The Labute approximate surface area is 114 Å². The summed E-state index contributed by atoms with van der Waals surface area (Å²) in [5.41, 5.74) is 2.09. The molecule has 104 valence electrons. The van der Waals surface area contributed by atoms with E-state index in [2.05, 4.69) is 44.2 Å². The fraction of sp³-hybridized carbons (Fsp3) is 0.600. The molecule has 0 radical (unpaired) electrons. The van der Waals surface area contributed by atoms with Gasteiger partial charge in [0.1, 0.15) is 11.5 Å². The summed E-state index contributed by atoms with van der Waals surface area (Å²) in [4.78, 5) is 12.2. The molecule has 0 bridgehead atoms. The van der Waals surface area contributed by atoms with Gasteiger partial charge in [-0.2, -0.15) is 0 Å². The van der Waals surface area contributed by atoms with Gasteiger partial charge in [-0.25, -0.2) is 0 Å². The molecule has 1 aromatic heterocycles. The minimum Gasteiger partial charge on any atom is -0.361 e. The van der Waals surface area contributed by atoms with Crippen LogP contribution in [0.1, 0.15) is 39.1 Å². The van der Waals surface area contributed by atoms with Crippen LogP contribution in [0.3, 0.4) is 0 Å². The number of aromatic nitrogens is 1. The Balaban J connectivity index is 1.93. The zero-order valence-electron chi connectivity index (χ0n) is 12.3. The molecule has 1 N–H and O–H groups in total. The molecule has 1 fully saturated rings. The summed E-state index contributed by atoms with van der Waals surface area (Å²) < 4.78 is 4.98. The minimum absolute atomic E-state index is 0.0566. The third kappa shape index (κ3) is 2.88. The highest BCUT2D eigenvalue weighted by molar-refractivity contribution is 5.83. The van der Waals surface area contributed by atoms with Crippen molar-refractivity contribution >= 4 is 5.91 Å². The predicted octanol–water partition coefficient (Wildman–Crippen LogP) is 2.84. The van der Waals surface area contributed by atoms with Gasteiger partial charge in [-0.05, 0) is 32.1 Å². The molecular formula is C15H22N2O2. The lowest BCUT2D eigenvalue weighted by molar-refractivity contribution is -0.123. The first-order valence-corrected chi connectivity index (χ1v) is 6.67. The molecule has 2 unspecified atom stereocenters. The van der Waals surface area contributed by atoms with E-state index >= 15 is 0 Å². The zero-order chi connectivity index (χ0) is 14.2. The van der Waals surface area contributed by atoms with Crippen LogP contribution in [0.4, 0.5) is 0 Å². The third-order valence-corrected chi connectivity index (χ3v) is 3.83. The Kier molecular flexibility index (Phi) is 3.52. The number of hydrogen-bond acceptors (Lipinski definition) is 3. The molecule has 1 aromatic rings. The van der Waals surface area contributed by atoms with E-state index < -0.39 is 0 Å². The molecule has 2 rings (SSSR count). The van der Waals surface area contributed by atoms with Gasteiger partial charge in [0.2, 0.25) is 5.91 Å². The molecule has 1 amide bonds.